The van der Waals surface area contributed by atoms with E-state index in [1.165, 1.54) is 52.8 Å². The summed E-state index contributed by atoms with van der Waals surface area (Å²) in [7, 11) is 0. The van der Waals surface area contributed by atoms with Crippen molar-refractivity contribution in [1.29, 1.82) is 0 Å². The lowest BCUT2D eigenvalue weighted by Crippen LogP contribution is -2.03. The molecule has 0 atom stereocenters. The van der Waals surface area contributed by atoms with Gasteiger partial charge in [0.1, 0.15) is 16.8 Å². The van der Waals surface area contributed by atoms with E-state index in [-0.39, 0.29) is 0 Å². The molecule has 4 nitrogen and oxygen atoms in total. The lowest BCUT2D eigenvalue weighted by atomic mass is 9.95. The maximum absolute atomic E-state index is 6.69. The molecule has 51 heavy (non-hydrogen) atoms. The summed E-state index contributed by atoms with van der Waals surface area (Å²) in [5.74, 6) is 0.642. The van der Waals surface area contributed by atoms with Crippen LogP contribution >= 0.6 is 11.3 Å². The van der Waals surface area contributed by atoms with Crippen LogP contribution in [-0.2, 0) is 6.42 Å². The van der Waals surface area contributed by atoms with Gasteiger partial charge in [-0.2, -0.15) is 0 Å². The predicted molar refractivity (Wildman–Crippen MR) is 214 cm³/mol. The van der Waals surface area contributed by atoms with Crippen molar-refractivity contribution in [2.75, 3.05) is 0 Å². The molecule has 1 aliphatic rings. The SMILES string of the molecule is C1=Cc2c(sc3c4ccccc4c4c5ccccc5n(-c5nc(-c6cc7ccccc7c7ccccc67)c6oc7ccccc7c6n5)c4c23)CC1. The van der Waals surface area contributed by atoms with Gasteiger partial charge in [-0.05, 0) is 69.6 Å². The number of rotatable bonds is 2. The summed E-state index contributed by atoms with van der Waals surface area (Å²) < 4.78 is 10.4. The fraction of sp³-hybridized carbons (Fsp3) is 0.0435. The van der Waals surface area contributed by atoms with Gasteiger partial charge in [-0.25, -0.2) is 9.97 Å². The Morgan fingerprint density at radius 1 is 0.627 bits per heavy atom. The van der Waals surface area contributed by atoms with E-state index in [2.05, 4.69) is 132 Å². The molecule has 0 saturated heterocycles. The summed E-state index contributed by atoms with van der Waals surface area (Å²) in [6, 6.07) is 45.4. The molecule has 1 aliphatic carbocycles. The highest BCUT2D eigenvalue weighted by Crippen LogP contribution is 2.49. The second-order valence-corrected chi connectivity index (χ2v) is 14.7. The number of nitrogens with zero attached hydrogens (tertiary/aromatic N) is 3. The van der Waals surface area contributed by atoms with Gasteiger partial charge in [-0.3, -0.25) is 4.57 Å². The number of allylic oxidation sites excluding steroid dienone is 1. The van der Waals surface area contributed by atoms with E-state index in [9.17, 15) is 0 Å². The molecule has 238 valence electrons. The number of para-hydroxylation sites is 2. The Hall–Kier alpha value is -6.30. The topological polar surface area (TPSA) is 43.9 Å². The van der Waals surface area contributed by atoms with Gasteiger partial charge >= 0.3 is 0 Å². The zero-order valence-corrected chi connectivity index (χ0v) is 28.2. The average Bonchev–Trinajstić information content (AvgIpc) is 3.87. The average molecular weight is 670 g/mol. The summed E-state index contributed by atoms with van der Waals surface area (Å²) in [4.78, 5) is 12.5. The monoisotopic (exact) mass is 669 g/mol. The van der Waals surface area contributed by atoms with Gasteiger partial charge in [0.15, 0.2) is 5.58 Å². The third kappa shape index (κ3) is 3.68. The van der Waals surface area contributed by atoms with Crippen molar-refractivity contribution in [3.8, 4) is 17.2 Å². The summed E-state index contributed by atoms with van der Waals surface area (Å²) in [5, 5.41) is 12.0. The van der Waals surface area contributed by atoms with Crippen LogP contribution in [0.3, 0.4) is 0 Å². The fourth-order valence-corrected chi connectivity index (χ4v) is 10.0. The van der Waals surface area contributed by atoms with Gasteiger partial charge in [-0.1, -0.05) is 115 Å². The zero-order chi connectivity index (χ0) is 33.2. The minimum Gasteiger partial charge on any atom is -0.452 e. The van der Waals surface area contributed by atoms with Crippen LogP contribution in [-0.4, -0.2) is 14.5 Å². The molecule has 0 aliphatic heterocycles. The minimum atomic E-state index is 0.642. The Morgan fingerprint density at radius 3 is 2.22 bits per heavy atom. The Kier molecular flexibility index (Phi) is 5.46. The van der Waals surface area contributed by atoms with Crippen LogP contribution in [0, 0.1) is 0 Å². The molecule has 0 radical (unpaired) electrons. The van der Waals surface area contributed by atoms with E-state index in [0.717, 1.165) is 62.4 Å². The van der Waals surface area contributed by atoms with Crippen LogP contribution < -0.4 is 0 Å². The number of aromatic nitrogens is 3. The Balaban J connectivity index is 1.31. The van der Waals surface area contributed by atoms with Crippen molar-refractivity contribution in [2.24, 2.45) is 0 Å². The van der Waals surface area contributed by atoms with E-state index >= 15 is 0 Å². The largest absolute Gasteiger partial charge is 0.452 e. The standard InChI is InChI=1S/C46H27N3OS/c1-2-14-27-26(13-1)25-35(29-16-4-3-15-28(27)29)42-44-41(33-20-8-11-23-37(33)50-44)47-46(48-42)49-36-22-10-7-19-32(36)39-30-17-5-6-18-31(30)45-40(43(39)49)34-21-9-12-24-38(34)51-45/h1-11,13-23,25H,12,24H2. The van der Waals surface area contributed by atoms with Crippen LogP contribution in [0.4, 0.5) is 0 Å². The van der Waals surface area contributed by atoms with Crippen molar-refractivity contribution in [3.05, 3.63) is 144 Å². The smallest absolute Gasteiger partial charge is 0.236 e. The van der Waals surface area contributed by atoms with Gasteiger partial charge in [0, 0.05) is 42.1 Å². The molecule has 0 N–H and O–H groups in total. The lowest BCUT2D eigenvalue weighted by Gasteiger charge is -2.14. The van der Waals surface area contributed by atoms with E-state index in [1.807, 2.05) is 23.5 Å². The first kappa shape index (κ1) is 27.5. The van der Waals surface area contributed by atoms with Crippen molar-refractivity contribution in [2.45, 2.75) is 12.8 Å². The third-order valence-corrected chi connectivity index (χ3v) is 12.1. The van der Waals surface area contributed by atoms with Gasteiger partial charge in [0.05, 0.1) is 11.0 Å². The summed E-state index contributed by atoms with van der Waals surface area (Å²) in [5.41, 5.74) is 7.73. The normalized spacial score (nSPS) is 13.3. The third-order valence-electron chi connectivity index (χ3n) is 10.8. The highest BCUT2D eigenvalue weighted by molar-refractivity contribution is 7.20. The predicted octanol–water partition coefficient (Wildman–Crippen LogP) is 12.8. The molecule has 0 fully saturated rings. The molecular weight excluding hydrogens is 643 g/mol. The second kappa shape index (κ2) is 10.1. The number of aryl methyl sites for hydroxylation is 1. The second-order valence-electron chi connectivity index (χ2n) is 13.5. The van der Waals surface area contributed by atoms with Gasteiger partial charge < -0.3 is 4.42 Å². The Labute approximate surface area is 295 Å². The van der Waals surface area contributed by atoms with Gasteiger partial charge in [0.2, 0.25) is 5.95 Å². The molecule has 0 unspecified atom stereocenters. The van der Waals surface area contributed by atoms with E-state index in [4.69, 9.17) is 14.4 Å². The summed E-state index contributed by atoms with van der Waals surface area (Å²) in [6.07, 6.45) is 6.80. The molecule has 0 bridgehead atoms. The van der Waals surface area contributed by atoms with Crippen molar-refractivity contribution in [3.63, 3.8) is 0 Å². The van der Waals surface area contributed by atoms with Crippen molar-refractivity contribution < 1.29 is 4.42 Å². The first-order valence-electron chi connectivity index (χ1n) is 17.5. The van der Waals surface area contributed by atoms with Crippen LogP contribution in [0.15, 0.2) is 138 Å². The number of fused-ring (bicyclic) bond motifs is 16. The van der Waals surface area contributed by atoms with Crippen LogP contribution in [0.5, 0.6) is 0 Å². The molecule has 5 heteroatoms. The summed E-state index contributed by atoms with van der Waals surface area (Å²) in [6.45, 7) is 0. The molecule has 12 rings (SSSR count). The van der Waals surface area contributed by atoms with E-state index in [1.54, 1.807) is 0 Å². The zero-order valence-electron chi connectivity index (χ0n) is 27.4. The summed E-state index contributed by atoms with van der Waals surface area (Å²) >= 11 is 1.95. The maximum atomic E-state index is 6.69. The van der Waals surface area contributed by atoms with E-state index in [0.29, 0.717) is 11.5 Å². The van der Waals surface area contributed by atoms with Crippen LogP contribution in [0.1, 0.15) is 16.9 Å². The van der Waals surface area contributed by atoms with Crippen LogP contribution in [0.2, 0.25) is 0 Å². The first-order chi connectivity index (χ1) is 25.3. The van der Waals surface area contributed by atoms with Crippen molar-refractivity contribution in [1.82, 2.24) is 14.5 Å². The molecule has 11 aromatic rings. The lowest BCUT2D eigenvalue weighted by molar-refractivity contribution is 0.666. The number of hydrogen-bond donors (Lipinski definition) is 0. The minimum absolute atomic E-state index is 0.642. The van der Waals surface area contributed by atoms with Gasteiger partial charge in [-0.15, -0.1) is 11.3 Å². The number of furan rings is 1. The highest BCUT2D eigenvalue weighted by atomic mass is 32.1. The van der Waals surface area contributed by atoms with E-state index < -0.39 is 0 Å². The van der Waals surface area contributed by atoms with Crippen molar-refractivity contribution >= 4 is 104 Å². The fourth-order valence-electron chi connectivity index (χ4n) is 8.66. The molecular formula is C46H27N3OS. The number of thiophene rings is 1. The molecule has 0 amide bonds. The van der Waals surface area contributed by atoms with Crippen LogP contribution in [0.25, 0.3) is 110 Å². The Bertz CT molecular complexity index is 3320. The molecule has 4 heterocycles. The first-order valence-corrected chi connectivity index (χ1v) is 18.3. The highest BCUT2D eigenvalue weighted by Gasteiger charge is 2.27. The molecule has 4 aromatic heterocycles. The number of hydrogen-bond acceptors (Lipinski definition) is 4. The number of benzene rings is 7. The Morgan fingerprint density at radius 2 is 1.33 bits per heavy atom. The van der Waals surface area contributed by atoms with Gasteiger partial charge in [0.25, 0.3) is 0 Å². The maximum Gasteiger partial charge on any atom is 0.236 e. The quantitative estimate of drug-likeness (QED) is 0.172. The molecule has 0 saturated carbocycles. The molecule has 0 spiro atoms. The molecule has 7 aromatic carbocycles.